The molecule has 0 bridgehead atoms. The van der Waals surface area contributed by atoms with Crippen molar-refractivity contribution in [1.82, 2.24) is 20.2 Å². The number of hydrogen-bond donors (Lipinski definition) is 0. The predicted octanol–water partition coefficient (Wildman–Crippen LogP) is 2.80. The molecule has 0 fully saturated rings. The SMILES string of the molecule is Cc1cc(C(=O)OCCCn2nnc(-c3ccccc3)n2)c(C)o1. The highest BCUT2D eigenvalue weighted by molar-refractivity contribution is 5.90. The number of aromatic nitrogens is 4. The fourth-order valence-corrected chi connectivity index (χ4v) is 2.32. The van der Waals surface area contributed by atoms with Gasteiger partial charge in [0.05, 0.1) is 13.2 Å². The number of esters is 1. The van der Waals surface area contributed by atoms with Crippen molar-refractivity contribution in [3.8, 4) is 11.4 Å². The molecule has 7 heteroatoms. The van der Waals surface area contributed by atoms with Gasteiger partial charge in [0.15, 0.2) is 0 Å². The summed E-state index contributed by atoms with van der Waals surface area (Å²) in [5.74, 6) is 1.47. The standard InChI is InChI=1S/C17H18N4O3/c1-12-11-15(13(2)24-12)17(22)23-10-6-9-21-19-16(18-20-21)14-7-4-3-5-8-14/h3-5,7-8,11H,6,9-10H2,1-2H3. The van der Waals surface area contributed by atoms with Crippen LogP contribution in [0.4, 0.5) is 0 Å². The summed E-state index contributed by atoms with van der Waals surface area (Å²) in [6.07, 6.45) is 0.603. The van der Waals surface area contributed by atoms with Gasteiger partial charge < -0.3 is 9.15 Å². The second-order valence-electron chi connectivity index (χ2n) is 5.39. The van der Waals surface area contributed by atoms with Crippen molar-refractivity contribution in [2.45, 2.75) is 26.8 Å². The van der Waals surface area contributed by atoms with E-state index in [4.69, 9.17) is 9.15 Å². The maximum atomic E-state index is 11.9. The van der Waals surface area contributed by atoms with Gasteiger partial charge in [-0.2, -0.15) is 4.80 Å². The Labute approximate surface area is 139 Å². The highest BCUT2D eigenvalue weighted by atomic mass is 16.5. The monoisotopic (exact) mass is 326 g/mol. The summed E-state index contributed by atoms with van der Waals surface area (Å²) in [7, 11) is 0. The summed E-state index contributed by atoms with van der Waals surface area (Å²) in [6.45, 7) is 4.35. The number of tetrazole rings is 1. The summed E-state index contributed by atoms with van der Waals surface area (Å²) >= 11 is 0. The number of hydrogen-bond acceptors (Lipinski definition) is 6. The minimum absolute atomic E-state index is 0.282. The molecule has 0 aliphatic carbocycles. The molecule has 2 heterocycles. The molecule has 0 saturated heterocycles. The lowest BCUT2D eigenvalue weighted by molar-refractivity contribution is 0.0491. The number of ether oxygens (including phenoxy) is 1. The number of carbonyl (C=O) groups excluding carboxylic acids is 1. The topological polar surface area (TPSA) is 83.0 Å². The molecule has 0 radical (unpaired) electrons. The zero-order valence-electron chi connectivity index (χ0n) is 13.6. The molecule has 0 N–H and O–H groups in total. The van der Waals surface area contributed by atoms with E-state index in [0.717, 1.165) is 5.56 Å². The Morgan fingerprint density at radius 3 is 2.75 bits per heavy atom. The van der Waals surface area contributed by atoms with Crippen molar-refractivity contribution in [2.75, 3.05) is 6.61 Å². The molecule has 0 atom stereocenters. The van der Waals surface area contributed by atoms with E-state index in [1.54, 1.807) is 19.9 Å². The maximum Gasteiger partial charge on any atom is 0.341 e. The van der Waals surface area contributed by atoms with Gasteiger partial charge in [-0.05, 0) is 25.1 Å². The van der Waals surface area contributed by atoms with Crippen LogP contribution >= 0.6 is 0 Å². The minimum atomic E-state index is -0.374. The van der Waals surface area contributed by atoms with Gasteiger partial charge >= 0.3 is 5.97 Å². The summed E-state index contributed by atoms with van der Waals surface area (Å²) in [4.78, 5) is 13.5. The molecule has 0 aliphatic heterocycles. The molecule has 0 unspecified atom stereocenters. The van der Waals surface area contributed by atoms with Crippen molar-refractivity contribution < 1.29 is 13.9 Å². The van der Waals surface area contributed by atoms with Crippen molar-refractivity contribution in [3.05, 3.63) is 53.5 Å². The largest absolute Gasteiger partial charge is 0.466 e. The van der Waals surface area contributed by atoms with E-state index in [-0.39, 0.29) is 12.6 Å². The Balaban J connectivity index is 1.48. The van der Waals surface area contributed by atoms with E-state index in [1.165, 1.54) is 4.80 Å². The van der Waals surface area contributed by atoms with Crippen LogP contribution in [0, 0.1) is 13.8 Å². The third-order valence-corrected chi connectivity index (χ3v) is 3.48. The fraction of sp³-hybridized carbons (Fsp3) is 0.294. The predicted molar refractivity (Wildman–Crippen MR) is 86.3 cm³/mol. The van der Waals surface area contributed by atoms with Gasteiger partial charge in [0.1, 0.15) is 17.1 Å². The molecule has 124 valence electrons. The summed E-state index contributed by atoms with van der Waals surface area (Å²) < 4.78 is 10.6. The van der Waals surface area contributed by atoms with E-state index in [1.807, 2.05) is 30.3 Å². The van der Waals surface area contributed by atoms with Crippen molar-refractivity contribution in [2.24, 2.45) is 0 Å². The van der Waals surface area contributed by atoms with E-state index < -0.39 is 0 Å². The van der Waals surface area contributed by atoms with Gasteiger partial charge in [-0.1, -0.05) is 30.3 Å². The first kappa shape index (κ1) is 15.9. The number of rotatable bonds is 6. The average Bonchev–Trinajstić information content (AvgIpc) is 3.18. The molecule has 0 aliphatic rings. The highest BCUT2D eigenvalue weighted by Gasteiger charge is 2.14. The lowest BCUT2D eigenvalue weighted by Gasteiger charge is -2.03. The lowest BCUT2D eigenvalue weighted by atomic mass is 10.2. The van der Waals surface area contributed by atoms with Crippen molar-refractivity contribution in [1.29, 1.82) is 0 Å². The third-order valence-electron chi connectivity index (χ3n) is 3.48. The van der Waals surface area contributed by atoms with E-state index in [2.05, 4.69) is 15.4 Å². The van der Waals surface area contributed by atoms with E-state index >= 15 is 0 Å². The molecule has 24 heavy (non-hydrogen) atoms. The highest BCUT2D eigenvalue weighted by Crippen LogP contribution is 2.15. The van der Waals surface area contributed by atoms with Crippen LogP contribution in [0.25, 0.3) is 11.4 Å². The quantitative estimate of drug-likeness (QED) is 0.511. The Kier molecular flexibility index (Phi) is 4.69. The second-order valence-corrected chi connectivity index (χ2v) is 5.39. The van der Waals surface area contributed by atoms with Gasteiger partial charge in [-0.25, -0.2) is 4.79 Å². The third kappa shape index (κ3) is 3.68. The zero-order chi connectivity index (χ0) is 16.9. The Bertz CT molecular complexity index is 823. The number of nitrogens with zero attached hydrogens (tertiary/aromatic N) is 4. The van der Waals surface area contributed by atoms with Crippen LogP contribution in [0.5, 0.6) is 0 Å². The van der Waals surface area contributed by atoms with Crippen LogP contribution in [-0.2, 0) is 11.3 Å². The molecular weight excluding hydrogens is 308 g/mol. The Hall–Kier alpha value is -2.96. The number of furan rings is 1. The van der Waals surface area contributed by atoms with Gasteiger partial charge in [-0.3, -0.25) is 0 Å². The number of benzene rings is 1. The normalized spacial score (nSPS) is 10.8. The number of aryl methyl sites for hydroxylation is 3. The molecule has 0 saturated carbocycles. The summed E-state index contributed by atoms with van der Waals surface area (Å²) in [6, 6.07) is 11.3. The maximum absolute atomic E-state index is 11.9. The lowest BCUT2D eigenvalue weighted by Crippen LogP contribution is -2.10. The van der Waals surface area contributed by atoms with Crippen molar-refractivity contribution >= 4 is 5.97 Å². The van der Waals surface area contributed by atoms with Gasteiger partial charge in [0, 0.05) is 12.0 Å². The molecule has 3 rings (SSSR count). The molecule has 1 aromatic carbocycles. The molecule has 7 nitrogen and oxygen atoms in total. The van der Waals surface area contributed by atoms with Crippen LogP contribution in [0.3, 0.4) is 0 Å². The second kappa shape index (κ2) is 7.08. The Morgan fingerprint density at radius 2 is 2.04 bits per heavy atom. The first-order chi connectivity index (χ1) is 11.6. The van der Waals surface area contributed by atoms with Crippen LogP contribution in [0.15, 0.2) is 40.8 Å². The average molecular weight is 326 g/mol. The van der Waals surface area contributed by atoms with Gasteiger partial charge in [-0.15, -0.1) is 10.2 Å². The zero-order valence-corrected chi connectivity index (χ0v) is 13.6. The van der Waals surface area contributed by atoms with Crippen molar-refractivity contribution in [3.63, 3.8) is 0 Å². The van der Waals surface area contributed by atoms with E-state index in [0.29, 0.717) is 35.9 Å². The molecular formula is C17H18N4O3. The summed E-state index contributed by atoms with van der Waals surface area (Å²) in [5.41, 5.74) is 1.39. The van der Waals surface area contributed by atoms with Crippen LogP contribution < -0.4 is 0 Å². The van der Waals surface area contributed by atoms with Crippen LogP contribution in [-0.4, -0.2) is 32.8 Å². The van der Waals surface area contributed by atoms with Gasteiger partial charge in [0.25, 0.3) is 0 Å². The molecule has 0 spiro atoms. The fourth-order valence-electron chi connectivity index (χ4n) is 2.32. The first-order valence-corrected chi connectivity index (χ1v) is 7.71. The summed E-state index contributed by atoms with van der Waals surface area (Å²) in [5, 5.41) is 12.3. The molecule has 2 aromatic heterocycles. The van der Waals surface area contributed by atoms with E-state index in [9.17, 15) is 4.79 Å². The smallest absolute Gasteiger partial charge is 0.341 e. The molecule has 3 aromatic rings. The first-order valence-electron chi connectivity index (χ1n) is 7.71. The van der Waals surface area contributed by atoms with Crippen LogP contribution in [0.1, 0.15) is 28.3 Å². The minimum Gasteiger partial charge on any atom is -0.466 e. The van der Waals surface area contributed by atoms with Gasteiger partial charge in [0.2, 0.25) is 5.82 Å². The Morgan fingerprint density at radius 1 is 1.25 bits per heavy atom. The number of carbonyl (C=O) groups is 1. The molecule has 0 amide bonds. The van der Waals surface area contributed by atoms with Crippen LogP contribution in [0.2, 0.25) is 0 Å².